The van der Waals surface area contributed by atoms with E-state index in [1.807, 2.05) is 20.0 Å². The van der Waals surface area contributed by atoms with Crippen molar-refractivity contribution < 1.29 is 14.6 Å². The fraction of sp³-hybridized carbons (Fsp3) is 0.500. The summed E-state index contributed by atoms with van der Waals surface area (Å²) in [5, 5.41) is 17.0. The first-order valence-electron chi connectivity index (χ1n) is 11.6. The van der Waals surface area contributed by atoms with Gasteiger partial charge < -0.3 is 15.2 Å². The van der Waals surface area contributed by atoms with E-state index in [1.54, 1.807) is 23.3 Å². The van der Waals surface area contributed by atoms with E-state index in [2.05, 4.69) is 44.2 Å². The molecule has 3 aromatic heterocycles. The molecular weight excluding hydrogens is 434 g/mol. The molecule has 0 aliphatic heterocycles. The molecule has 0 unspecified atom stereocenters. The molecule has 0 radical (unpaired) electrons. The number of carboxylic acids is 1. The fourth-order valence-electron chi connectivity index (χ4n) is 4.16. The molecule has 34 heavy (non-hydrogen) atoms. The minimum absolute atomic E-state index is 0.136. The molecule has 1 aliphatic rings. The second kappa shape index (κ2) is 10.1. The third kappa shape index (κ3) is 5.32. The van der Waals surface area contributed by atoms with Gasteiger partial charge in [0.05, 0.1) is 47.9 Å². The number of nitrogens with zero attached hydrogens (tertiary/aromatic N) is 6. The predicted molar refractivity (Wildman–Crippen MR) is 126 cm³/mol. The molecule has 2 N–H and O–H groups in total. The topological polar surface area (TPSA) is 128 Å². The molecule has 2 atom stereocenters. The van der Waals surface area contributed by atoms with Gasteiger partial charge in [-0.3, -0.25) is 9.48 Å². The van der Waals surface area contributed by atoms with Crippen molar-refractivity contribution in [2.75, 3.05) is 5.32 Å². The number of ether oxygens (including phenoxy) is 1. The van der Waals surface area contributed by atoms with Gasteiger partial charge in [-0.05, 0) is 44.6 Å². The number of carbonyl (C=O) groups is 1. The monoisotopic (exact) mass is 465 g/mol. The summed E-state index contributed by atoms with van der Waals surface area (Å²) in [6.45, 7) is 6.53. The number of hydrogen-bond donors (Lipinski definition) is 2. The summed E-state index contributed by atoms with van der Waals surface area (Å²) in [4.78, 5) is 29.4. The molecule has 0 spiro atoms. The first-order chi connectivity index (χ1) is 16.3. The average Bonchev–Trinajstić information content (AvgIpc) is 3.19. The number of nitrogens with one attached hydrogen (secondary N) is 1. The normalized spacial score (nSPS) is 18.1. The summed E-state index contributed by atoms with van der Waals surface area (Å²) in [7, 11) is 1.87. The Bertz CT molecular complexity index is 1160. The highest BCUT2D eigenvalue weighted by Gasteiger charge is 2.28. The van der Waals surface area contributed by atoms with Crippen LogP contribution in [0.4, 0.5) is 5.95 Å². The maximum Gasteiger partial charge on any atom is 0.306 e. The molecule has 0 aromatic carbocycles. The molecule has 4 rings (SSSR count). The number of rotatable bonds is 8. The van der Waals surface area contributed by atoms with Crippen molar-refractivity contribution in [1.29, 1.82) is 0 Å². The summed E-state index contributed by atoms with van der Waals surface area (Å²) in [6, 6.07) is 1.92. The third-order valence-corrected chi connectivity index (χ3v) is 6.19. The second-order valence-corrected chi connectivity index (χ2v) is 9.03. The quantitative estimate of drug-likeness (QED) is 0.511. The van der Waals surface area contributed by atoms with E-state index in [0.29, 0.717) is 48.5 Å². The van der Waals surface area contributed by atoms with Gasteiger partial charge >= 0.3 is 5.97 Å². The molecule has 10 heteroatoms. The number of aryl methyl sites for hydroxylation is 2. The predicted octanol–water partition coefficient (Wildman–Crippen LogP) is 3.73. The van der Waals surface area contributed by atoms with Gasteiger partial charge in [0.15, 0.2) is 11.6 Å². The molecule has 0 saturated heterocycles. The van der Waals surface area contributed by atoms with Gasteiger partial charge in [-0.2, -0.15) is 5.10 Å². The zero-order chi connectivity index (χ0) is 24.2. The van der Waals surface area contributed by atoms with E-state index >= 15 is 0 Å². The first-order valence-corrected chi connectivity index (χ1v) is 11.6. The molecule has 1 saturated carbocycles. The number of aromatic nitrogens is 6. The molecule has 0 amide bonds. The molecule has 180 valence electrons. The van der Waals surface area contributed by atoms with Crippen LogP contribution < -0.4 is 10.1 Å². The molecule has 1 fully saturated rings. The Hall–Kier alpha value is -3.56. The van der Waals surface area contributed by atoms with E-state index in [-0.39, 0.29) is 12.0 Å². The van der Waals surface area contributed by atoms with Crippen molar-refractivity contribution in [3.8, 4) is 17.1 Å². The van der Waals surface area contributed by atoms with E-state index in [1.165, 1.54) is 0 Å². The lowest BCUT2D eigenvalue weighted by Crippen LogP contribution is -2.29. The number of carboxylic acid groups (broad SMARTS) is 1. The van der Waals surface area contributed by atoms with E-state index in [0.717, 1.165) is 29.8 Å². The molecule has 10 nitrogen and oxygen atoms in total. The highest BCUT2D eigenvalue weighted by Crippen LogP contribution is 2.30. The smallest absolute Gasteiger partial charge is 0.306 e. The number of aliphatic carboxylic acids is 1. The van der Waals surface area contributed by atoms with Crippen LogP contribution in [0, 0.1) is 12.8 Å². The maximum absolute atomic E-state index is 11.3. The van der Waals surface area contributed by atoms with E-state index in [4.69, 9.17) is 4.74 Å². The Morgan fingerprint density at radius 1 is 1.26 bits per heavy atom. The third-order valence-electron chi connectivity index (χ3n) is 6.19. The van der Waals surface area contributed by atoms with Crippen molar-refractivity contribution in [2.24, 2.45) is 13.0 Å². The average molecular weight is 466 g/mol. The SMILES string of the molecule is Cc1nc(-c2cnn(C)c2CNc2nccc(C(C)C)n2)ncc1O[C@H]1CCC[C@H](C(=O)O)C1. The van der Waals surface area contributed by atoms with Gasteiger partial charge in [0.25, 0.3) is 0 Å². The number of anilines is 1. The minimum atomic E-state index is -0.754. The Labute approximate surface area is 198 Å². The summed E-state index contributed by atoms with van der Waals surface area (Å²) < 4.78 is 7.87. The largest absolute Gasteiger partial charge is 0.487 e. The summed E-state index contributed by atoms with van der Waals surface area (Å²) in [5.41, 5.74) is 3.40. The van der Waals surface area contributed by atoms with E-state index < -0.39 is 5.97 Å². The molecule has 1 aliphatic carbocycles. The Morgan fingerprint density at radius 2 is 2.09 bits per heavy atom. The zero-order valence-electron chi connectivity index (χ0n) is 20.0. The van der Waals surface area contributed by atoms with Crippen molar-refractivity contribution in [2.45, 2.75) is 65.0 Å². The van der Waals surface area contributed by atoms with Gasteiger partial charge in [-0.25, -0.2) is 19.9 Å². The van der Waals surface area contributed by atoms with Gasteiger partial charge in [-0.1, -0.05) is 13.8 Å². The first kappa shape index (κ1) is 23.6. The Morgan fingerprint density at radius 3 is 2.82 bits per heavy atom. The van der Waals surface area contributed by atoms with Gasteiger partial charge in [0.1, 0.15) is 0 Å². The van der Waals surface area contributed by atoms with Crippen LogP contribution in [0.2, 0.25) is 0 Å². The molecule has 0 bridgehead atoms. The Balaban J connectivity index is 1.48. The summed E-state index contributed by atoms with van der Waals surface area (Å²) in [6.07, 6.45) is 7.92. The second-order valence-electron chi connectivity index (χ2n) is 9.03. The highest BCUT2D eigenvalue weighted by atomic mass is 16.5. The highest BCUT2D eigenvalue weighted by molar-refractivity contribution is 5.70. The van der Waals surface area contributed by atoms with Crippen LogP contribution >= 0.6 is 0 Å². The van der Waals surface area contributed by atoms with Gasteiger partial charge in [0, 0.05) is 18.9 Å². The molecular formula is C24H31N7O3. The van der Waals surface area contributed by atoms with Crippen LogP contribution in [0.1, 0.15) is 62.5 Å². The van der Waals surface area contributed by atoms with Crippen molar-refractivity contribution in [1.82, 2.24) is 29.7 Å². The van der Waals surface area contributed by atoms with Crippen LogP contribution in [-0.4, -0.2) is 46.9 Å². The van der Waals surface area contributed by atoms with E-state index in [9.17, 15) is 9.90 Å². The van der Waals surface area contributed by atoms with Crippen LogP contribution in [-0.2, 0) is 18.4 Å². The van der Waals surface area contributed by atoms with Crippen LogP contribution in [0.3, 0.4) is 0 Å². The van der Waals surface area contributed by atoms with Gasteiger partial charge in [0.2, 0.25) is 5.95 Å². The van der Waals surface area contributed by atoms with Crippen LogP contribution in [0.5, 0.6) is 5.75 Å². The van der Waals surface area contributed by atoms with Crippen molar-refractivity contribution >= 4 is 11.9 Å². The number of hydrogen-bond acceptors (Lipinski definition) is 8. The standard InChI is InChI=1S/C24H31N7O3/c1-14(2)19-8-9-25-24(30-19)27-12-20-18(11-28-31(20)4)22-26-13-21(15(3)29-22)34-17-7-5-6-16(10-17)23(32)33/h8-9,11,13-14,16-17H,5-7,10,12H2,1-4H3,(H,32,33)(H,25,27,30)/t16-,17-/m0/s1. The van der Waals surface area contributed by atoms with Gasteiger partial charge in [-0.15, -0.1) is 0 Å². The summed E-state index contributed by atoms with van der Waals surface area (Å²) in [5.74, 6) is 0.911. The van der Waals surface area contributed by atoms with Crippen molar-refractivity contribution in [3.63, 3.8) is 0 Å². The summed E-state index contributed by atoms with van der Waals surface area (Å²) >= 11 is 0. The Kier molecular flexibility index (Phi) is 7.04. The lowest BCUT2D eigenvalue weighted by Gasteiger charge is -2.27. The van der Waals surface area contributed by atoms with Crippen LogP contribution in [0.25, 0.3) is 11.4 Å². The molecule has 3 heterocycles. The molecule has 3 aromatic rings. The zero-order valence-corrected chi connectivity index (χ0v) is 20.0. The minimum Gasteiger partial charge on any atom is -0.487 e. The lowest BCUT2D eigenvalue weighted by atomic mass is 9.87. The van der Waals surface area contributed by atoms with Crippen molar-refractivity contribution in [3.05, 3.63) is 41.7 Å². The fourth-order valence-corrected chi connectivity index (χ4v) is 4.16. The maximum atomic E-state index is 11.3. The van der Waals surface area contributed by atoms with Crippen LogP contribution in [0.15, 0.2) is 24.7 Å². The lowest BCUT2D eigenvalue weighted by molar-refractivity contribution is -0.143.